The van der Waals surface area contributed by atoms with Crippen molar-refractivity contribution in [1.82, 2.24) is 20.9 Å². The maximum Gasteiger partial charge on any atom is 0.328 e. The number of carboxylic acid groups (broad SMARTS) is 2. The molecule has 14 heteroatoms. The summed E-state index contributed by atoms with van der Waals surface area (Å²) in [6, 6.07) is -2.23. The Morgan fingerprint density at radius 2 is 1.91 bits per heavy atom. The Morgan fingerprint density at radius 1 is 1.24 bits per heavy atom. The minimum atomic E-state index is -1.63. The molecule has 2 aliphatic heterocycles. The van der Waals surface area contributed by atoms with Crippen molar-refractivity contribution >= 4 is 29.8 Å². The van der Waals surface area contributed by atoms with Gasteiger partial charge in [0, 0.05) is 24.9 Å². The Kier molecular flexibility index (Phi) is 8.50. The summed E-state index contributed by atoms with van der Waals surface area (Å²) in [7, 11) is 0. The van der Waals surface area contributed by atoms with Gasteiger partial charge in [-0.2, -0.15) is 0 Å². The number of carboxylic acids is 2. The fraction of sp³-hybridized carbons (Fsp3) is 0.526. The molecule has 0 aliphatic carbocycles. The number of rotatable bonds is 10. The second-order valence-electron chi connectivity index (χ2n) is 7.51. The second-order valence-corrected chi connectivity index (χ2v) is 7.51. The van der Waals surface area contributed by atoms with Gasteiger partial charge in [-0.15, -0.1) is 0 Å². The highest BCUT2D eigenvalue weighted by Crippen LogP contribution is 2.27. The number of nitrogens with zero attached hydrogens (tertiary/aromatic N) is 1. The van der Waals surface area contributed by atoms with Gasteiger partial charge in [0.15, 0.2) is 12.3 Å². The van der Waals surface area contributed by atoms with Gasteiger partial charge in [-0.05, 0) is 18.9 Å². The van der Waals surface area contributed by atoms with Crippen LogP contribution < -0.4 is 16.0 Å². The largest absolute Gasteiger partial charge is 0.481 e. The van der Waals surface area contributed by atoms with E-state index in [4.69, 9.17) is 14.9 Å². The maximum absolute atomic E-state index is 12.4. The summed E-state index contributed by atoms with van der Waals surface area (Å²) in [5, 5.41) is 45.0. The molecule has 5 atom stereocenters. The van der Waals surface area contributed by atoms with Gasteiger partial charge in [0.1, 0.15) is 18.2 Å². The summed E-state index contributed by atoms with van der Waals surface area (Å²) < 4.78 is 5.41. The van der Waals surface area contributed by atoms with Gasteiger partial charge in [-0.25, -0.2) is 9.59 Å². The van der Waals surface area contributed by atoms with Gasteiger partial charge < -0.3 is 41.1 Å². The third-order valence-electron chi connectivity index (χ3n) is 4.96. The SMILES string of the molecule is C=C1NC(=O)N([C@@H]2O[C@H](C(=O)NCCCC(=O)NC(CC(=O)O)C(=O)O)[C@@H](O)[C@H]2O)C=C1C. The highest BCUT2D eigenvalue weighted by molar-refractivity contribution is 5.87. The van der Waals surface area contributed by atoms with Crippen molar-refractivity contribution in [3.05, 3.63) is 24.0 Å². The van der Waals surface area contributed by atoms with Gasteiger partial charge in [-0.1, -0.05) is 6.58 Å². The number of aliphatic hydroxyl groups excluding tert-OH is 2. The minimum Gasteiger partial charge on any atom is -0.481 e. The number of aliphatic hydroxyl groups is 2. The average Bonchev–Trinajstić information content (AvgIpc) is 3.02. The number of allylic oxidation sites excluding steroid dienone is 1. The topological polar surface area (TPSA) is 215 Å². The fourth-order valence-electron chi connectivity index (χ4n) is 3.13. The van der Waals surface area contributed by atoms with E-state index in [9.17, 15) is 34.2 Å². The number of ether oxygens (including phenoxy) is 1. The molecule has 1 fully saturated rings. The summed E-state index contributed by atoms with van der Waals surface area (Å²) in [6.45, 7) is 5.25. The Hall–Kier alpha value is -3.49. The molecule has 14 nitrogen and oxygen atoms in total. The summed E-state index contributed by atoms with van der Waals surface area (Å²) in [4.78, 5) is 58.9. The predicted octanol–water partition coefficient (Wildman–Crippen LogP) is -2.18. The number of hydrogen-bond acceptors (Lipinski definition) is 8. The van der Waals surface area contributed by atoms with Crippen LogP contribution in [-0.4, -0.2) is 92.2 Å². The molecular weight excluding hydrogens is 444 g/mol. The van der Waals surface area contributed by atoms with Crippen molar-refractivity contribution in [2.24, 2.45) is 0 Å². The third kappa shape index (κ3) is 6.50. The molecule has 2 aliphatic rings. The first-order valence-corrected chi connectivity index (χ1v) is 9.92. The van der Waals surface area contributed by atoms with E-state index in [-0.39, 0.29) is 19.4 Å². The van der Waals surface area contributed by atoms with Crippen LogP contribution in [0.2, 0.25) is 0 Å². The quantitative estimate of drug-likeness (QED) is 0.171. The van der Waals surface area contributed by atoms with Crippen LogP contribution >= 0.6 is 0 Å². The van der Waals surface area contributed by atoms with E-state index in [1.54, 1.807) is 6.92 Å². The lowest BCUT2D eigenvalue weighted by Gasteiger charge is -2.31. The second kappa shape index (κ2) is 10.9. The molecule has 0 radical (unpaired) electrons. The first-order valence-electron chi connectivity index (χ1n) is 9.92. The van der Waals surface area contributed by atoms with Gasteiger partial charge in [-0.3, -0.25) is 19.3 Å². The molecule has 0 spiro atoms. The van der Waals surface area contributed by atoms with Gasteiger partial charge in [0.05, 0.1) is 6.42 Å². The van der Waals surface area contributed by atoms with Crippen LogP contribution in [0.1, 0.15) is 26.2 Å². The molecule has 33 heavy (non-hydrogen) atoms. The van der Waals surface area contributed by atoms with Crippen LogP contribution in [0.15, 0.2) is 24.0 Å². The van der Waals surface area contributed by atoms with Gasteiger partial charge >= 0.3 is 18.0 Å². The summed E-state index contributed by atoms with van der Waals surface area (Å²) in [6.07, 6.45) is -5.56. The number of aliphatic carboxylic acids is 2. The summed E-state index contributed by atoms with van der Waals surface area (Å²) >= 11 is 0. The zero-order valence-electron chi connectivity index (χ0n) is 17.7. The van der Waals surface area contributed by atoms with E-state index in [0.717, 1.165) is 4.90 Å². The monoisotopic (exact) mass is 470 g/mol. The lowest BCUT2D eigenvalue weighted by Crippen LogP contribution is -2.50. The molecular formula is C19H26N4O10. The Balaban J connectivity index is 1.84. The predicted molar refractivity (Wildman–Crippen MR) is 108 cm³/mol. The van der Waals surface area contributed by atoms with Crippen molar-refractivity contribution < 1.29 is 49.1 Å². The molecule has 0 bridgehead atoms. The molecule has 0 aromatic rings. The molecule has 2 heterocycles. The minimum absolute atomic E-state index is 0.0563. The number of urea groups is 1. The van der Waals surface area contributed by atoms with Crippen molar-refractivity contribution in [2.45, 2.75) is 56.8 Å². The Morgan fingerprint density at radius 3 is 2.52 bits per heavy atom. The fourth-order valence-corrected chi connectivity index (χ4v) is 3.13. The molecule has 0 saturated carbocycles. The smallest absolute Gasteiger partial charge is 0.328 e. The number of carbonyl (C=O) groups excluding carboxylic acids is 3. The van der Waals surface area contributed by atoms with E-state index >= 15 is 0 Å². The first-order chi connectivity index (χ1) is 15.4. The number of nitrogens with one attached hydrogen (secondary N) is 3. The molecule has 2 rings (SSSR count). The molecule has 182 valence electrons. The number of hydrogen-bond donors (Lipinski definition) is 7. The van der Waals surface area contributed by atoms with E-state index < -0.39 is 66.8 Å². The van der Waals surface area contributed by atoms with Gasteiger partial charge in [0.2, 0.25) is 5.91 Å². The summed E-state index contributed by atoms with van der Waals surface area (Å²) in [5.41, 5.74) is 0.944. The van der Waals surface area contributed by atoms with E-state index in [1.165, 1.54) is 6.20 Å². The molecule has 1 saturated heterocycles. The highest BCUT2D eigenvalue weighted by atomic mass is 16.6. The standard InChI is InChI=1S/C19H26N4O10/c1-8-7-23(19(32)21-9(8)2)17-14(28)13(27)15(33-17)16(29)20-5-3-4-11(24)22-10(18(30)31)6-12(25)26/h7,10,13-15,17,27-28H,2-6H2,1H3,(H,20,29)(H,21,32)(H,22,24)(H,25,26)(H,30,31)/t10?,13-,14+,15-,17+/m0/s1. The molecule has 0 aromatic heterocycles. The third-order valence-corrected chi connectivity index (χ3v) is 4.96. The van der Waals surface area contributed by atoms with Crippen LogP contribution in [0.4, 0.5) is 4.79 Å². The van der Waals surface area contributed by atoms with Crippen molar-refractivity contribution in [3.63, 3.8) is 0 Å². The van der Waals surface area contributed by atoms with Crippen molar-refractivity contribution in [3.8, 4) is 0 Å². The van der Waals surface area contributed by atoms with Crippen molar-refractivity contribution in [1.29, 1.82) is 0 Å². The normalized spacial score (nSPS) is 25.7. The van der Waals surface area contributed by atoms with E-state index in [0.29, 0.717) is 11.3 Å². The van der Waals surface area contributed by atoms with Crippen LogP contribution in [0.5, 0.6) is 0 Å². The molecule has 0 aromatic carbocycles. The first kappa shape index (κ1) is 25.8. The molecule has 7 N–H and O–H groups in total. The zero-order chi connectivity index (χ0) is 24.9. The lowest BCUT2D eigenvalue weighted by molar-refractivity contribution is -0.147. The van der Waals surface area contributed by atoms with Crippen LogP contribution in [0, 0.1) is 0 Å². The average molecular weight is 470 g/mol. The Labute approximate surface area is 187 Å². The zero-order valence-corrected chi connectivity index (χ0v) is 17.7. The van der Waals surface area contributed by atoms with Crippen molar-refractivity contribution in [2.75, 3.05) is 6.54 Å². The highest BCUT2D eigenvalue weighted by Gasteiger charge is 2.50. The lowest BCUT2D eigenvalue weighted by atomic mass is 10.1. The van der Waals surface area contributed by atoms with E-state index in [2.05, 4.69) is 22.5 Å². The van der Waals surface area contributed by atoms with Gasteiger partial charge in [0.25, 0.3) is 5.91 Å². The molecule has 1 unspecified atom stereocenters. The Bertz CT molecular complexity index is 873. The number of amides is 4. The van der Waals surface area contributed by atoms with Crippen LogP contribution in [-0.2, 0) is 23.9 Å². The summed E-state index contributed by atoms with van der Waals surface area (Å²) in [5.74, 6) is -4.38. The number of carbonyl (C=O) groups is 5. The van der Waals surface area contributed by atoms with Crippen LogP contribution in [0.25, 0.3) is 0 Å². The van der Waals surface area contributed by atoms with E-state index in [1.807, 2.05) is 0 Å². The maximum atomic E-state index is 12.4. The molecule has 4 amide bonds. The van der Waals surface area contributed by atoms with Crippen LogP contribution in [0.3, 0.4) is 0 Å².